The van der Waals surface area contributed by atoms with E-state index >= 15 is 0 Å². The van der Waals surface area contributed by atoms with Crippen LogP contribution in [0.4, 0.5) is 5.69 Å². The van der Waals surface area contributed by atoms with E-state index in [-0.39, 0.29) is 22.9 Å². The molecule has 2 rings (SSSR count). The number of rotatable bonds is 8. The molecule has 0 saturated heterocycles. The van der Waals surface area contributed by atoms with Gasteiger partial charge in [-0.25, -0.2) is 13.2 Å². The van der Waals surface area contributed by atoms with Gasteiger partial charge in [0.2, 0.25) is 5.91 Å². The number of nitrogens with one attached hydrogen (secondary N) is 2. The lowest BCUT2D eigenvalue weighted by Crippen LogP contribution is -2.39. The first-order valence-electron chi connectivity index (χ1n) is 8.52. The molecule has 0 aliphatic rings. The van der Waals surface area contributed by atoms with Crippen molar-refractivity contribution in [1.82, 2.24) is 10.2 Å². The number of amides is 2. The molecule has 0 fully saturated rings. The molecule has 2 aromatic carbocycles. The number of carbonyl (C=O) groups is 3. The summed E-state index contributed by atoms with van der Waals surface area (Å²) in [6.45, 7) is -0.699. The van der Waals surface area contributed by atoms with Crippen molar-refractivity contribution in [3.8, 4) is 0 Å². The van der Waals surface area contributed by atoms with Gasteiger partial charge in [-0.2, -0.15) is 0 Å². The molecule has 0 heterocycles. The Labute approximate surface area is 168 Å². The Hall–Kier alpha value is -3.40. The van der Waals surface area contributed by atoms with Gasteiger partial charge in [0.25, 0.3) is 15.9 Å². The molecule has 0 radical (unpaired) electrons. The minimum atomic E-state index is -3.81. The summed E-state index contributed by atoms with van der Waals surface area (Å²) in [5.41, 5.74) is 0.501. The maximum Gasteiger partial charge on any atom is 0.338 e. The first-order chi connectivity index (χ1) is 13.7. The number of carbonyl (C=O) groups excluding carboxylic acids is 3. The highest BCUT2D eigenvalue weighted by atomic mass is 32.2. The first kappa shape index (κ1) is 21.9. The van der Waals surface area contributed by atoms with Crippen LogP contribution < -0.4 is 10.0 Å². The van der Waals surface area contributed by atoms with Crippen LogP contribution in [-0.4, -0.2) is 58.3 Å². The predicted octanol–water partition coefficient (Wildman–Crippen LogP) is 0.849. The first-order valence-corrected chi connectivity index (χ1v) is 10.0. The molecule has 0 bridgehead atoms. The van der Waals surface area contributed by atoms with Crippen LogP contribution in [0.1, 0.15) is 10.4 Å². The van der Waals surface area contributed by atoms with Gasteiger partial charge in [-0.05, 0) is 36.4 Å². The van der Waals surface area contributed by atoms with E-state index < -0.39 is 28.5 Å². The molecule has 0 aliphatic heterocycles. The number of nitrogens with zero attached hydrogens (tertiary/aromatic N) is 1. The molecule has 0 aliphatic carbocycles. The van der Waals surface area contributed by atoms with Crippen LogP contribution in [0.3, 0.4) is 0 Å². The zero-order valence-corrected chi connectivity index (χ0v) is 16.7. The third-order valence-electron chi connectivity index (χ3n) is 3.84. The Balaban J connectivity index is 1.96. The quantitative estimate of drug-likeness (QED) is 0.612. The molecule has 9 nitrogen and oxygen atoms in total. The lowest BCUT2D eigenvalue weighted by atomic mass is 10.2. The number of sulfonamides is 1. The third-order valence-corrected chi connectivity index (χ3v) is 5.24. The number of hydrogen-bond donors (Lipinski definition) is 2. The zero-order valence-electron chi connectivity index (χ0n) is 15.9. The topological polar surface area (TPSA) is 122 Å². The van der Waals surface area contributed by atoms with Gasteiger partial charge in [-0.1, -0.05) is 18.2 Å². The number of benzene rings is 2. The molecule has 0 aromatic heterocycles. The van der Waals surface area contributed by atoms with Gasteiger partial charge in [0, 0.05) is 19.8 Å². The highest BCUT2D eigenvalue weighted by Crippen LogP contribution is 2.16. The van der Waals surface area contributed by atoms with Crippen molar-refractivity contribution in [2.24, 2.45) is 0 Å². The minimum absolute atomic E-state index is 0.0284. The predicted molar refractivity (Wildman–Crippen MR) is 106 cm³/mol. The van der Waals surface area contributed by atoms with Gasteiger partial charge >= 0.3 is 5.97 Å². The largest absolute Gasteiger partial charge is 0.452 e. The van der Waals surface area contributed by atoms with Gasteiger partial charge in [0.1, 0.15) is 0 Å². The summed E-state index contributed by atoms with van der Waals surface area (Å²) in [7, 11) is -0.956. The monoisotopic (exact) mass is 419 g/mol. The summed E-state index contributed by atoms with van der Waals surface area (Å²) in [6, 6.07) is 13.5. The maximum absolute atomic E-state index is 12.4. The van der Waals surface area contributed by atoms with Crippen molar-refractivity contribution in [1.29, 1.82) is 0 Å². The Morgan fingerprint density at radius 3 is 2.21 bits per heavy atom. The SMILES string of the molecule is CNC(=O)CN(C)C(=O)COC(=O)c1ccc(S(=O)(=O)Nc2ccccc2)cc1. The average molecular weight is 419 g/mol. The number of esters is 1. The van der Waals surface area contributed by atoms with E-state index in [2.05, 4.69) is 10.0 Å². The molecule has 0 unspecified atom stereocenters. The van der Waals surface area contributed by atoms with Crippen LogP contribution in [-0.2, 0) is 24.3 Å². The van der Waals surface area contributed by atoms with Crippen LogP contribution in [0.25, 0.3) is 0 Å². The molecule has 10 heteroatoms. The highest BCUT2D eigenvalue weighted by molar-refractivity contribution is 7.92. The summed E-state index contributed by atoms with van der Waals surface area (Å²) < 4.78 is 32.1. The fourth-order valence-electron chi connectivity index (χ4n) is 2.19. The second kappa shape index (κ2) is 9.69. The van der Waals surface area contributed by atoms with Crippen LogP contribution in [0, 0.1) is 0 Å². The van der Waals surface area contributed by atoms with E-state index in [0.717, 1.165) is 4.90 Å². The summed E-state index contributed by atoms with van der Waals surface area (Å²) in [5.74, 6) is -1.69. The van der Waals surface area contributed by atoms with Crippen molar-refractivity contribution in [3.05, 3.63) is 60.2 Å². The van der Waals surface area contributed by atoms with E-state index in [1.807, 2.05) is 0 Å². The van der Waals surface area contributed by atoms with Crippen molar-refractivity contribution >= 4 is 33.5 Å². The van der Waals surface area contributed by atoms with Crippen molar-refractivity contribution in [3.63, 3.8) is 0 Å². The zero-order chi connectivity index (χ0) is 21.4. The second-order valence-electron chi connectivity index (χ2n) is 6.00. The van der Waals surface area contributed by atoms with E-state index in [0.29, 0.717) is 5.69 Å². The Morgan fingerprint density at radius 2 is 1.62 bits per heavy atom. The Bertz CT molecular complexity index is 975. The highest BCUT2D eigenvalue weighted by Gasteiger charge is 2.18. The van der Waals surface area contributed by atoms with Gasteiger partial charge in [-0.3, -0.25) is 14.3 Å². The van der Waals surface area contributed by atoms with E-state index in [4.69, 9.17) is 4.74 Å². The lowest BCUT2D eigenvalue weighted by Gasteiger charge is -2.16. The lowest BCUT2D eigenvalue weighted by molar-refractivity contribution is -0.137. The third kappa shape index (κ3) is 6.32. The van der Waals surface area contributed by atoms with E-state index in [1.54, 1.807) is 30.3 Å². The summed E-state index contributed by atoms with van der Waals surface area (Å²) in [4.78, 5) is 36.3. The van der Waals surface area contributed by atoms with Crippen LogP contribution in [0.5, 0.6) is 0 Å². The van der Waals surface area contributed by atoms with Crippen LogP contribution in [0.15, 0.2) is 59.5 Å². The molecule has 154 valence electrons. The number of ether oxygens (including phenoxy) is 1. The Morgan fingerprint density at radius 1 is 1.00 bits per heavy atom. The average Bonchev–Trinajstić information content (AvgIpc) is 2.72. The van der Waals surface area contributed by atoms with Gasteiger partial charge in [-0.15, -0.1) is 0 Å². The maximum atomic E-state index is 12.4. The smallest absolute Gasteiger partial charge is 0.338 e. The summed E-state index contributed by atoms with van der Waals surface area (Å²) in [5, 5.41) is 2.38. The van der Waals surface area contributed by atoms with Crippen LogP contribution >= 0.6 is 0 Å². The fourth-order valence-corrected chi connectivity index (χ4v) is 3.25. The standard InChI is InChI=1S/C19H21N3O6S/c1-20-17(23)12-22(2)18(24)13-28-19(25)14-8-10-16(11-9-14)29(26,27)21-15-6-4-3-5-7-15/h3-11,21H,12-13H2,1-2H3,(H,20,23). The normalized spacial score (nSPS) is 10.7. The number of anilines is 1. The molecule has 29 heavy (non-hydrogen) atoms. The van der Waals surface area contributed by atoms with Gasteiger partial charge in [0.15, 0.2) is 6.61 Å². The number of hydrogen-bond acceptors (Lipinski definition) is 6. The summed E-state index contributed by atoms with van der Waals surface area (Å²) >= 11 is 0. The van der Waals surface area contributed by atoms with E-state index in [9.17, 15) is 22.8 Å². The molecule has 0 saturated carbocycles. The molecular weight excluding hydrogens is 398 g/mol. The van der Waals surface area contributed by atoms with E-state index in [1.165, 1.54) is 38.4 Å². The second-order valence-corrected chi connectivity index (χ2v) is 7.68. The van der Waals surface area contributed by atoms with Crippen molar-refractivity contribution in [2.75, 3.05) is 32.0 Å². The molecule has 2 amide bonds. The molecule has 2 N–H and O–H groups in total. The number of likely N-dealkylation sites (N-methyl/N-ethyl adjacent to an activating group) is 2. The summed E-state index contributed by atoms with van der Waals surface area (Å²) in [6.07, 6.45) is 0. The van der Waals surface area contributed by atoms with Crippen molar-refractivity contribution in [2.45, 2.75) is 4.90 Å². The molecule has 2 aromatic rings. The van der Waals surface area contributed by atoms with Crippen molar-refractivity contribution < 1.29 is 27.5 Å². The molecule has 0 atom stereocenters. The minimum Gasteiger partial charge on any atom is -0.452 e. The molecule has 0 spiro atoms. The van der Waals surface area contributed by atoms with Gasteiger partial charge < -0.3 is 15.0 Å². The fraction of sp³-hybridized carbons (Fsp3) is 0.211. The van der Waals surface area contributed by atoms with Gasteiger partial charge in [0.05, 0.1) is 17.0 Å². The Kier molecular flexibility index (Phi) is 7.32. The van der Waals surface area contributed by atoms with Crippen LogP contribution in [0.2, 0.25) is 0 Å². The number of para-hydroxylation sites is 1. The molecular formula is C19H21N3O6S.